The maximum absolute atomic E-state index is 12.8. The summed E-state index contributed by atoms with van der Waals surface area (Å²) in [6, 6.07) is 12.7. The highest BCUT2D eigenvalue weighted by Gasteiger charge is 2.23. The number of benzene rings is 2. The Balaban J connectivity index is 2.40. The molecule has 5 nitrogen and oxygen atoms in total. The molecule has 0 unspecified atom stereocenters. The van der Waals surface area contributed by atoms with E-state index >= 15 is 0 Å². The summed E-state index contributed by atoms with van der Waals surface area (Å²) in [5, 5.41) is 9.94. The summed E-state index contributed by atoms with van der Waals surface area (Å²) in [6.07, 6.45) is 1.44. The fraction of sp³-hybridized carbons (Fsp3) is 0. The van der Waals surface area contributed by atoms with Gasteiger partial charge in [0.1, 0.15) is 0 Å². The Bertz CT molecular complexity index is 977. The molecule has 2 aromatic carbocycles. The molecule has 0 saturated heterocycles. The van der Waals surface area contributed by atoms with Gasteiger partial charge in [-0.15, -0.1) is 0 Å². The first-order valence-electron chi connectivity index (χ1n) is 6.26. The van der Waals surface area contributed by atoms with Crippen molar-refractivity contribution >= 4 is 49.5 Å². The highest BCUT2D eigenvalue weighted by molar-refractivity contribution is 14.1. The molecule has 0 aliphatic heterocycles. The van der Waals surface area contributed by atoms with Crippen LogP contribution in [0.15, 0.2) is 59.6 Å². The van der Waals surface area contributed by atoms with Crippen LogP contribution in [0.4, 0.5) is 0 Å². The van der Waals surface area contributed by atoms with Gasteiger partial charge in [0.2, 0.25) is 0 Å². The first kappa shape index (κ1) is 15.0. The van der Waals surface area contributed by atoms with Gasteiger partial charge in [-0.2, -0.15) is 0 Å². The summed E-state index contributed by atoms with van der Waals surface area (Å²) in [4.78, 5) is 11.5. The Hall–Kier alpha value is -1.87. The van der Waals surface area contributed by atoms with Crippen LogP contribution in [0.1, 0.15) is 10.4 Å². The molecule has 1 aromatic heterocycles. The molecular weight excluding hydrogens is 417 g/mol. The fourth-order valence-corrected chi connectivity index (χ4v) is 4.59. The van der Waals surface area contributed by atoms with Gasteiger partial charge in [-0.25, -0.2) is 17.2 Å². The lowest BCUT2D eigenvalue weighted by Gasteiger charge is -2.09. The van der Waals surface area contributed by atoms with Crippen LogP contribution in [0.25, 0.3) is 10.9 Å². The molecule has 3 aromatic rings. The van der Waals surface area contributed by atoms with Gasteiger partial charge in [-0.1, -0.05) is 30.3 Å². The number of aromatic nitrogens is 1. The summed E-state index contributed by atoms with van der Waals surface area (Å²) in [5.74, 6) is -1.16. The van der Waals surface area contributed by atoms with E-state index < -0.39 is 16.0 Å². The number of hydrogen-bond acceptors (Lipinski definition) is 3. The zero-order valence-corrected chi connectivity index (χ0v) is 14.1. The molecule has 0 saturated carbocycles. The van der Waals surface area contributed by atoms with Gasteiger partial charge in [0.05, 0.1) is 16.0 Å². The quantitative estimate of drug-likeness (QED) is 0.652. The molecule has 1 N–H and O–H groups in total. The van der Waals surface area contributed by atoms with E-state index in [1.54, 1.807) is 30.3 Å². The zero-order valence-electron chi connectivity index (χ0n) is 11.1. The minimum atomic E-state index is -3.85. The summed E-state index contributed by atoms with van der Waals surface area (Å²) in [5.41, 5.74) is 0.142. The number of fused-ring (bicyclic) bond motifs is 1. The standard InChI is InChI=1S/C15H10INO4S/c16-13-9-17(22(20,21)10-5-2-1-3-6-10)14-11(13)7-4-8-12(14)15(18)19/h1-9H,(H,18,19). The number of rotatable bonds is 3. The average molecular weight is 427 g/mol. The molecule has 3 rings (SSSR count). The molecule has 0 atom stereocenters. The zero-order chi connectivity index (χ0) is 15.9. The van der Waals surface area contributed by atoms with Gasteiger partial charge in [0.15, 0.2) is 0 Å². The number of carboxylic acids is 1. The van der Waals surface area contributed by atoms with Gasteiger partial charge in [-0.3, -0.25) is 0 Å². The maximum atomic E-state index is 12.8. The minimum absolute atomic E-state index is 0.0417. The van der Waals surface area contributed by atoms with Gasteiger partial charge in [0.25, 0.3) is 10.0 Å². The van der Waals surface area contributed by atoms with Crippen molar-refractivity contribution in [1.82, 2.24) is 3.97 Å². The third kappa shape index (κ3) is 2.30. The van der Waals surface area contributed by atoms with E-state index in [2.05, 4.69) is 0 Å². The first-order chi connectivity index (χ1) is 10.4. The van der Waals surface area contributed by atoms with Crippen molar-refractivity contribution in [2.24, 2.45) is 0 Å². The predicted molar refractivity (Wildman–Crippen MR) is 90.6 cm³/mol. The van der Waals surface area contributed by atoms with E-state index in [0.717, 1.165) is 3.97 Å². The SMILES string of the molecule is O=C(O)c1cccc2c(I)cn(S(=O)(=O)c3ccccc3)c12. The first-order valence-corrected chi connectivity index (χ1v) is 8.78. The van der Waals surface area contributed by atoms with Crippen molar-refractivity contribution in [1.29, 1.82) is 0 Å². The van der Waals surface area contributed by atoms with Crippen molar-refractivity contribution in [2.45, 2.75) is 4.90 Å². The normalized spacial score (nSPS) is 11.7. The van der Waals surface area contributed by atoms with Gasteiger partial charge < -0.3 is 5.11 Å². The number of carboxylic acid groups (broad SMARTS) is 1. The van der Waals surface area contributed by atoms with E-state index in [0.29, 0.717) is 8.96 Å². The molecule has 0 spiro atoms. The van der Waals surface area contributed by atoms with Crippen LogP contribution in [-0.2, 0) is 10.0 Å². The summed E-state index contributed by atoms with van der Waals surface area (Å²) in [7, 11) is -3.85. The predicted octanol–water partition coefficient (Wildman–Crippen LogP) is 3.18. The molecule has 0 radical (unpaired) electrons. The molecule has 7 heteroatoms. The molecule has 0 bridgehead atoms. The molecule has 0 amide bonds. The second-order valence-corrected chi connectivity index (χ2v) is 7.57. The van der Waals surface area contributed by atoms with E-state index in [-0.39, 0.29) is 16.0 Å². The van der Waals surface area contributed by atoms with E-state index in [1.807, 2.05) is 22.6 Å². The summed E-state index contributed by atoms with van der Waals surface area (Å²) >= 11 is 2.00. The largest absolute Gasteiger partial charge is 0.478 e. The van der Waals surface area contributed by atoms with E-state index in [9.17, 15) is 18.3 Å². The number of hydrogen-bond donors (Lipinski definition) is 1. The van der Waals surface area contributed by atoms with Crippen LogP contribution in [-0.4, -0.2) is 23.5 Å². The lowest BCUT2D eigenvalue weighted by molar-refractivity contribution is 0.0699. The summed E-state index contributed by atoms with van der Waals surface area (Å²) in [6.45, 7) is 0. The number of aromatic carboxylic acids is 1. The summed E-state index contributed by atoms with van der Waals surface area (Å²) < 4.78 is 27.3. The molecule has 0 aliphatic carbocycles. The van der Waals surface area contributed by atoms with E-state index in [1.165, 1.54) is 24.4 Å². The number of nitrogens with zero attached hydrogens (tertiary/aromatic N) is 1. The molecule has 0 aliphatic rings. The van der Waals surface area contributed by atoms with Gasteiger partial charge in [-0.05, 0) is 40.8 Å². The molecule has 22 heavy (non-hydrogen) atoms. The van der Waals surface area contributed by atoms with Crippen molar-refractivity contribution in [2.75, 3.05) is 0 Å². The Morgan fingerprint density at radius 1 is 1.05 bits per heavy atom. The molecule has 0 fully saturated rings. The Labute approximate surface area is 140 Å². The second kappa shape index (κ2) is 5.40. The van der Waals surface area contributed by atoms with Crippen LogP contribution in [0, 0.1) is 3.57 Å². The van der Waals surface area contributed by atoms with Crippen LogP contribution >= 0.6 is 22.6 Å². The Kier molecular flexibility index (Phi) is 3.69. The van der Waals surface area contributed by atoms with Crippen LogP contribution in [0.5, 0.6) is 0 Å². The van der Waals surface area contributed by atoms with Gasteiger partial charge in [0, 0.05) is 15.2 Å². The maximum Gasteiger partial charge on any atom is 0.337 e. The van der Waals surface area contributed by atoms with Gasteiger partial charge >= 0.3 is 5.97 Å². The number of carbonyl (C=O) groups is 1. The van der Waals surface area contributed by atoms with E-state index in [4.69, 9.17) is 0 Å². The smallest absolute Gasteiger partial charge is 0.337 e. The van der Waals surface area contributed by atoms with Crippen molar-refractivity contribution in [3.05, 3.63) is 63.9 Å². The van der Waals surface area contributed by atoms with Crippen LogP contribution in [0.2, 0.25) is 0 Å². The highest BCUT2D eigenvalue weighted by atomic mass is 127. The lowest BCUT2D eigenvalue weighted by Crippen LogP contribution is -2.13. The Morgan fingerprint density at radius 3 is 2.36 bits per heavy atom. The van der Waals surface area contributed by atoms with Crippen LogP contribution in [0.3, 0.4) is 0 Å². The van der Waals surface area contributed by atoms with Crippen molar-refractivity contribution < 1.29 is 18.3 Å². The molecule has 112 valence electrons. The topological polar surface area (TPSA) is 76.4 Å². The third-order valence-corrected chi connectivity index (χ3v) is 5.81. The second-order valence-electron chi connectivity index (χ2n) is 4.60. The average Bonchev–Trinajstić information content (AvgIpc) is 2.86. The number of halogens is 1. The minimum Gasteiger partial charge on any atom is -0.478 e. The monoisotopic (exact) mass is 427 g/mol. The third-order valence-electron chi connectivity index (χ3n) is 3.27. The van der Waals surface area contributed by atoms with Crippen molar-refractivity contribution in [3.63, 3.8) is 0 Å². The molecular formula is C15H10INO4S. The Morgan fingerprint density at radius 2 is 1.73 bits per heavy atom. The van der Waals surface area contributed by atoms with Crippen LogP contribution < -0.4 is 0 Å². The lowest BCUT2D eigenvalue weighted by atomic mass is 10.1. The highest BCUT2D eigenvalue weighted by Crippen LogP contribution is 2.29. The number of para-hydroxylation sites is 1. The fourth-order valence-electron chi connectivity index (χ4n) is 2.28. The molecule has 1 heterocycles. The van der Waals surface area contributed by atoms with Crippen molar-refractivity contribution in [3.8, 4) is 0 Å².